The van der Waals surface area contributed by atoms with Gasteiger partial charge in [0.25, 0.3) is 0 Å². The molecular weight excluding hydrogens is 310 g/mol. The van der Waals surface area contributed by atoms with Crippen molar-refractivity contribution in [2.24, 2.45) is 0 Å². The van der Waals surface area contributed by atoms with Crippen molar-refractivity contribution in [2.45, 2.75) is 37.2 Å². The molecule has 1 aliphatic rings. The number of benzene rings is 2. The van der Waals surface area contributed by atoms with Gasteiger partial charge in [0.05, 0.1) is 4.90 Å². The van der Waals surface area contributed by atoms with E-state index in [1.165, 1.54) is 13.0 Å². The Labute approximate surface area is 136 Å². The highest BCUT2D eigenvalue weighted by Crippen LogP contribution is 2.33. The predicted octanol–water partition coefficient (Wildman–Crippen LogP) is 3.24. The Morgan fingerprint density at radius 2 is 1.78 bits per heavy atom. The second-order valence-corrected chi connectivity index (χ2v) is 7.74. The molecule has 120 valence electrons. The van der Waals surface area contributed by atoms with E-state index in [0.29, 0.717) is 12.1 Å². The molecule has 0 atom stereocenters. The van der Waals surface area contributed by atoms with E-state index < -0.39 is 10.0 Å². The maximum absolute atomic E-state index is 13.0. The molecule has 0 spiro atoms. The van der Waals surface area contributed by atoms with Gasteiger partial charge in [0, 0.05) is 18.2 Å². The fourth-order valence-corrected chi connectivity index (χ4v) is 4.27. The van der Waals surface area contributed by atoms with Crippen LogP contribution in [0.15, 0.2) is 59.5 Å². The number of hydrogen-bond acceptors (Lipinski definition) is 3. The van der Waals surface area contributed by atoms with Crippen LogP contribution >= 0.6 is 0 Å². The molecule has 2 aromatic carbocycles. The molecule has 1 aliphatic carbocycles. The van der Waals surface area contributed by atoms with Crippen molar-refractivity contribution < 1.29 is 13.2 Å². The van der Waals surface area contributed by atoms with Crippen molar-refractivity contribution in [3.63, 3.8) is 0 Å². The average molecular weight is 329 g/mol. The van der Waals surface area contributed by atoms with Crippen molar-refractivity contribution in [1.82, 2.24) is 4.31 Å². The first-order valence-electron chi connectivity index (χ1n) is 7.65. The van der Waals surface area contributed by atoms with Crippen LogP contribution in [-0.2, 0) is 16.6 Å². The molecule has 4 nitrogen and oxygen atoms in total. The Balaban J connectivity index is 1.95. The summed E-state index contributed by atoms with van der Waals surface area (Å²) in [6.45, 7) is 1.80. The van der Waals surface area contributed by atoms with Gasteiger partial charge >= 0.3 is 0 Å². The largest absolute Gasteiger partial charge is 0.295 e. The zero-order chi connectivity index (χ0) is 16.4. The van der Waals surface area contributed by atoms with E-state index in [1.54, 1.807) is 22.5 Å². The van der Waals surface area contributed by atoms with Crippen LogP contribution in [0.2, 0.25) is 0 Å². The topological polar surface area (TPSA) is 54.5 Å². The van der Waals surface area contributed by atoms with Crippen LogP contribution in [0, 0.1) is 0 Å². The van der Waals surface area contributed by atoms with Crippen LogP contribution in [0.4, 0.5) is 0 Å². The Kier molecular flexibility index (Phi) is 4.33. The molecule has 3 rings (SSSR count). The zero-order valence-corrected chi connectivity index (χ0v) is 13.8. The summed E-state index contributed by atoms with van der Waals surface area (Å²) in [5.41, 5.74) is 1.38. The minimum absolute atomic E-state index is 0.0567. The molecule has 1 saturated carbocycles. The molecule has 2 aromatic rings. The Hall–Kier alpha value is -1.98. The van der Waals surface area contributed by atoms with Crippen LogP contribution in [0.25, 0.3) is 0 Å². The third-order valence-corrected chi connectivity index (χ3v) is 5.88. The van der Waals surface area contributed by atoms with Gasteiger partial charge in [-0.25, -0.2) is 8.42 Å². The molecule has 0 aromatic heterocycles. The fraction of sp³-hybridized carbons (Fsp3) is 0.278. The molecular formula is C18H19NO3S. The fourth-order valence-electron chi connectivity index (χ4n) is 2.55. The lowest BCUT2D eigenvalue weighted by molar-refractivity contribution is 0.101. The first-order valence-corrected chi connectivity index (χ1v) is 9.09. The molecule has 0 aliphatic heterocycles. The smallest absolute Gasteiger partial charge is 0.243 e. The van der Waals surface area contributed by atoms with E-state index in [4.69, 9.17) is 0 Å². The Morgan fingerprint density at radius 3 is 2.39 bits per heavy atom. The van der Waals surface area contributed by atoms with Gasteiger partial charge in [0.2, 0.25) is 10.0 Å². The SMILES string of the molecule is CC(=O)c1cccc(S(=O)(=O)N(Cc2ccccc2)C2CC2)c1. The van der Waals surface area contributed by atoms with Gasteiger partial charge in [-0.2, -0.15) is 4.31 Å². The third-order valence-electron chi connectivity index (χ3n) is 3.98. The standard InChI is InChI=1S/C18H19NO3S/c1-14(20)16-8-5-9-18(12-16)23(21,22)19(17-10-11-17)13-15-6-3-2-4-7-15/h2-9,12,17H,10-11,13H2,1H3. The summed E-state index contributed by atoms with van der Waals surface area (Å²) in [4.78, 5) is 11.7. The van der Waals surface area contributed by atoms with E-state index in [0.717, 1.165) is 18.4 Å². The van der Waals surface area contributed by atoms with Gasteiger partial charge in [-0.05, 0) is 37.5 Å². The normalized spacial score (nSPS) is 14.9. The molecule has 0 amide bonds. The van der Waals surface area contributed by atoms with Gasteiger partial charge in [0.1, 0.15) is 0 Å². The molecule has 0 unspecified atom stereocenters. The highest BCUT2D eigenvalue weighted by atomic mass is 32.2. The summed E-state index contributed by atoms with van der Waals surface area (Å²) >= 11 is 0. The summed E-state index contributed by atoms with van der Waals surface area (Å²) in [5.74, 6) is -0.136. The number of hydrogen-bond donors (Lipinski definition) is 0. The lowest BCUT2D eigenvalue weighted by Crippen LogP contribution is -2.32. The monoisotopic (exact) mass is 329 g/mol. The van der Waals surface area contributed by atoms with Crippen LogP contribution in [-0.4, -0.2) is 24.5 Å². The lowest BCUT2D eigenvalue weighted by atomic mass is 10.2. The summed E-state index contributed by atoms with van der Waals surface area (Å²) < 4.78 is 27.6. The second kappa shape index (κ2) is 6.26. The van der Waals surface area contributed by atoms with E-state index >= 15 is 0 Å². The van der Waals surface area contributed by atoms with Crippen LogP contribution in [0.1, 0.15) is 35.7 Å². The summed E-state index contributed by atoms with van der Waals surface area (Å²) in [7, 11) is -3.61. The van der Waals surface area contributed by atoms with Gasteiger partial charge in [-0.1, -0.05) is 42.5 Å². The van der Waals surface area contributed by atoms with Crippen molar-refractivity contribution >= 4 is 15.8 Å². The molecule has 0 saturated heterocycles. The third kappa shape index (κ3) is 3.51. The van der Waals surface area contributed by atoms with Crippen LogP contribution in [0.5, 0.6) is 0 Å². The number of rotatable bonds is 6. The molecule has 0 heterocycles. The quantitative estimate of drug-likeness (QED) is 0.765. The molecule has 23 heavy (non-hydrogen) atoms. The highest BCUT2D eigenvalue weighted by molar-refractivity contribution is 7.89. The summed E-state index contributed by atoms with van der Waals surface area (Å²) in [6, 6.07) is 15.9. The maximum atomic E-state index is 13.0. The van der Waals surface area contributed by atoms with Gasteiger partial charge in [-0.3, -0.25) is 4.79 Å². The Morgan fingerprint density at radius 1 is 1.09 bits per heavy atom. The maximum Gasteiger partial charge on any atom is 0.243 e. The summed E-state index contributed by atoms with van der Waals surface area (Å²) in [6.07, 6.45) is 1.77. The minimum Gasteiger partial charge on any atom is -0.295 e. The van der Waals surface area contributed by atoms with E-state index in [-0.39, 0.29) is 16.7 Å². The number of nitrogens with zero attached hydrogens (tertiary/aromatic N) is 1. The van der Waals surface area contributed by atoms with E-state index in [9.17, 15) is 13.2 Å². The van der Waals surface area contributed by atoms with Gasteiger partial charge in [0.15, 0.2) is 5.78 Å². The molecule has 0 radical (unpaired) electrons. The van der Waals surface area contributed by atoms with Crippen molar-refractivity contribution in [1.29, 1.82) is 0 Å². The molecule has 0 bridgehead atoms. The summed E-state index contributed by atoms with van der Waals surface area (Å²) in [5, 5.41) is 0. The predicted molar refractivity (Wildman–Crippen MR) is 88.6 cm³/mol. The molecule has 5 heteroatoms. The number of carbonyl (C=O) groups is 1. The van der Waals surface area contributed by atoms with Crippen LogP contribution in [0.3, 0.4) is 0 Å². The number of ketones is 1. The van der Waals surface area contributed by atoms with Crippen LogP contribution < -0.4 is 0 Å². The molecule has 0 N–H and O–H groups in total. The number of carbonyl (C=O) groups excluding carboxylic acids is 1. The first kappa shape index (κ1) is 15.9. The van der Waals surface area contributed by atoms with Crippen molar-refractivity contribution in [3.8, 4) is 0 Å². The number of Topliss-reactive ketones (excluding diaryl/α,β-unsaturated/α-hetero) is 1. The highest BCUT2D eigenvalue weighted by Gasteiger charge is 2.38. The van der Waals surface area contributed by atoms with E-state index in [1.807, 2.05) is 30.3 Å². The van der Waals surface area contributed by atoms with Crippen molar-refractivity contribution in [2.75, 3.05) is 0 Å². The number of sulfonamides is 1. The van der Waals surface area contributed by atoms with Gasteiger partial charge in [-0.15, -0.1) is 0 Å². The zero-order valence-electron chi connectivity index (χ0n) is 13.0. The average Bonchev–Trinajstić information content (AvgIpc) is 3.38. The second-order valence-electron chi connectivity index (χ2n) is 5.85. The van der Waals surface area contributed by atoms with E-state index in [2.05, 4.69) is 0 Å². The lowest BCUT2D eigenvalue weighted by Gasteiger charge is -2.22. The minimum atomic E-state index is -3.61. The first-order chi connectivity index (χ1) is 11.0. The van der Waals surface area contributed by atoms with Gasteiger partial charge < -0.3 is 0 Å². The molecule has 1 fully saturated rings. The Bertz CT molecular complexity index is 811. The van der Waals surface area contributed by atoms with Crippen molar-refractivity contribution in [3.05, 3.63) is 65.7 Å².